The number of anilines is 3. The molecule has 7 heterocycles. The molecule has 0 aliphatic carbocycles. The zero-order valence-corrected chi connectivity index (χ0v) is 35.7. The van der Waals surface area contributed by atoms with E-state index in [0.29, 0.717) is 35.4 Å². The average Bonchev–Trinajstić information content (AvgIpc) is 3.64. The normalized spacial score (nSPS) is 20.4. The second-order valence-electron chi connectivity index (χ2n) is 17.6. The third kappa shape index (κ3) is 8.76. The van der Waals surface area contributed by atoms with E-state index in [2.05, 4.69) is 67.1 Å². The minimum Gasteiger partial charge on any atom is -0.384 e. The first kappa shape index (κ1) is 41.5. The van der Waals surface area contributed by atoms with Gasteiger partial charge < -0.3 is 25.4 Å². The van der Waals surface area contributed by atoms with Gasteiger partial charge in [0.1, 0.15) is 23.3 Å². The molecule has 0 radical (unpaired) electrons. The van der Waals surface area contributed by atoms with E-state index in [4.69, 9.17) is 10.7 Å². The predicted molar refractivity (Wildman–Crippen MR) is 240 cm³/mol. The number of amides is 3. The fourth-order valence-electron chi connectivity index (χ4n) is 10.1. The first-order chi connectivity index (χ1) is 30.1. The molecule has 4 saturated heterocycles. The molecule has 1 unspecified atom stereocenters. The molecule has 4 fully saturated rings. The van der Waals surface area contributed by atoms with Crippen LogP contribution in [0.4, 0.5) is 21.6 Å². The molecule has 9 rings (SSSR count). The molecule has 0 spiro atoms. The summed E-state index contributed by atoms with van der Waals surface area (Å²) in [7, 11) is 2.11. The molecule has 14 heteroatoms. The summed E-state index contributed by atoms with van der Waals surface area (Å²) < 4.78 is 17.5. The Morgan fingerprint density at radius 1 is 0.887 bits per heavy atom. The molecule has 4 aliphatic heterocycles. The number of hydrogen-bond acceptors (Lipinski definition) is 10. The predicted octanol–water partition coefficient (Wildman–Crippen LogP) is 6.19. The lowest BCUT2D eigenvalue weighted by Gasteiger charge is -2.39. The van der Waals surface area contributed by atoms with Crippen molar-refractivity contribution in [2.45, 2.75) is 63.5 Å². The Bertz CT molecular complexity index is 2410. The SMILES string of the molecule is C[C@@H](c1cc2c(-c3ccc(N)nc3)ccnc2n1C)N1CCC(c2ccc(C(=O)N3CCC(CN4CCN(c5ccc(NC6CCC(=O)NC6=O)cc5F)CC4)CC3)cc2)CC1. The number of nitrogen functional groups attached to an aromatic ring is 1. The number of pyridine rings is 2. The molecule has 5 aromatic rings. The zero-order chi connectivity index (χ0) is 42.9. The van der Waals surface area contributed by atoms with Crippen molar-refractivity contribution in [2.24, 2.45) is 13.0 Å². The molecule has 3 aromatic heterocycles. The summed E-state index contributed by atoms with van der Waals surface area (Å²) in [6, 6.07) is 21.3. The van der Waals surface area contributed by atoms with Crippen LogP contribution in [0, 0.1) is 11.7 Å². The number of aromatic nitrogens is 3. The number of piperazine rings is 1. The number of carbonyl (C=O) groups is 3. The first-order valence-electron chi connectivity index (χ1n) is 22.2. The summed E-state index contributed by atoms with van der Waals surface area (Å²) in [6.45, 7) is 9.98. The van der Waals surface area contributed by atoms with E-state index in [-0.39, 0.29) is 36.0 Å². The van der Waals surface area contributed by atoms with Gasteiger partial charge in [-0.2, -0.15) is 0 Å². The number of imide groups is 1. The highest BCUT2D eigenvalue weighted by molar-refractivity contribution is 6.01. The van der Waals surface area contributed by atoms with Gasteiger partial charge in [-0.25, -0.2) is 14.4 Å². The van der Waals surface area contributed by atoms with Gasteiger partial charge in [0.25, 0.3) is 5.91 Å². The quantitative estimate of drug-likeness (QED) is 0.139. The summed E-state index contributed by atoms with van der Waals surface area (Å²) in [5, 5.41) is 6.51. The minimum atomic E-state index is -0.550. The van der Waals surface area contributed by atoms with Crippen LogP contribution in [0.25, 0.3) is 22.2 Å². The van der Waals surface area contributed by atoms with Gasteiger partial charge in [-0.3, -0.25) is 29.5 Å². The van der Waals surface area contributed by atoms with E-state index in [0.717, 1.165) is 112 Å². The third-order valence-electron chi connectivity index (χ3n) is 13.9. The number of rotatable bonds is 10. The van der Waals surface area contributed by atoms with E-state index >= 15 is 4.39 Å². The Labute approximate surface area is 362 Å². The van der Waals surface area contributed by atoms with Crippen molar-refractivity contribution in [1.29, 1.82) is 0 Å². The van der Waals surface area contributed by atoms with Crippen LogP contribution in [0.1, 0.15) is 79.0 Å². The van der Waals surface area contributed by atoms with Crippen molar-refractivity contribution >= 4 is 45.9 Å². The standard InChI is InChI=1S/C48H57FN10O3/c1-31(43-28-39-38(13-18-51-46(39)55(43)2)36-7-11-44(50)52-29-36)57-21-16-34(17-22-57)33-3-5-35(6-4-33)48(62)59-19-14-32(15-20-59)30-56-23-25-58(26-24-56)42-10-8-37(27-40(42)49)53-41-9-12-45(60)54-47(41)61/h3-8,10-11,13,18,27-29,31-32,34,41,53H,9,12,14-17,19-26,30H2,1-2H3,(H2,50,52)(H,54,60,61)/t31-,41?/m0/s1. The maximum atomic E-state index is 15.2. The van der Waals surface area contributed by atoms with Crippen LogP contribution in [0.5, 0.6) is 0 Å². The summed E-state index contributed by atoms with van der Waals surface area (Å²) in [4.78, 5) is 55.4. The van der Waals surface area contributed by atoms with Crippen LogP contribution in [0.15, 0.2) is 79.1 Å². The average molecular weight is 841 g/mol. The highest BCUT2D eigenvalue weighted by Gasteiger charge is 2.30. The zero-order valence-electron chi connectivity index (χ0n) is 35.7. The van der Waals surface area contributed by atoms with Crippen LogP contribution >= 0.6 is 0 Å². The van der Waals surface area contributed by atoms with E-state index in [1.807, 2.05) is 47.6 Å². The highest BCUT2D eigenvalue weighted by atomic mass is 19.1. The number of nitrogens with one attached hydrogen (secondary N) is 2. The lowest BCUT2D eigenvalue weighted by atomic mass is 9.88. The fourth-order valence-corrected chi connectivity index (χ4v) is 10.1. The molecular formula is C48H57FN10O3. The maximum Gasteiger partial charge on any atom is 0.253 e. The van der Waals surface area contributed by atoms with Gasteiger partial charge in [0, 0.05) is 106 Å². The number of aryl methyl sites for hydroxylation is 1. The Kier molecular flexibility index (Phi) is 11.9. The second kappa shape index (κ2) is 17.9. The van der Waals surface area contributed by atoms with E-state index in [1.54, 1.807) is 12.1 Å². The van der Waals surface area contributed by atoms with Gasteiger partial charge in [-0.15, -0.1) is 0 Å². The van der Waals surface area contributed by atoms with Gasteiger partial charge >= 0.3 is 0 Å². The molecule has 324 valence electrons. The molecular weight excluding hydrogens is 784 g/mol. The number of piperidine rings is 3. The van der Waals surface area contributed by atoms with Crippen LogP contribution in [0.3, 0.4) is 0 Å². The lowest BCUT2D eigenvalue weighted by Crippen LogP contribution is -2.49. The summed E-state index contributed by atoms with van der Waals surface area (Å²) in [5.41, 5.74) is 13.4. The minimum absolute atomic E-state index is 0.118. The molecule has 0 saturated carbocycles. The van der Waals surface area contributed by atoms with Gasteiger partial charge in [0.15, 0.2) is 0 Å². The molecule has 2 aromatic carbocycles. The van der Waals surface area contributed by atoms with Crippen LogP contribution in [0.2, 0.25) is 0 Å². The van der Waals surface area contributed by atoms with Gasteiger partial charge in [-0.1, -0.05) is 12.1 Å². The molecule has 3 amide bonds. The first-order valence-corrected chi connectivity index (χ1v) is 22.2. The Morgan fingerprint density at radius 2 is 1.65 bits per heavy atom. The summed E-state index contributed by atoms with van der Waals surface area (Å²) >= 11 is 0. The highest BCUT2D eigenvalue weighted by Crippen LogP contribution is 2.36. The van der Waals surface area contributed by atoms with Crippen molar-refractivity contribution < 1.29 is 18.8 Å². The van der Waals surface area contributed by atoms with E-state index in [9.17, 15) is 14.4 Å². The maximum absolute atomic E-state index is 15.2. The van der Waals surface area contributed by atoms with Gasteiger partial charge in [0.2, 0.25) is 11.8 Å². The Hall–Kier alpha value is -5.86. The van der Waals surface area contributed by atoms with Crippen molar-refractivity contribution in [3.63, 3.8) is 0 Å². The van der Waals surface area contributed by atoms with Crippen molar-refractivity contribution in [3.05, 3.63) is 102 Å². The number of halogens is 1. The monoisotopic (exact) mass is 840 g/mol. The van der Waals surface area contributed by atoms with Crippen LogP contribution in [-0.2, 0) is 16.6 Å². The fraction of sp³-hybridized carbons (Fsp3) is 0.438. The van der Waals surface area contributed by atoms with Crippen LogP contribution < -0.4 is 21.3 Å². The number of nitrogens with zero attached hydrogens (tertiary/aromatic N) is 7. The largest absolute Gasteiger partial charge is 0.384 e. The van der Waals surface area contributed by atoms with E-state index < -0.39 is 6.04 Å². The third-order valence-corrected chi connectivity index (χ3v) is 13.9. The lowest BCUT2D eigenvalue weighted by molar-refractivity contribution is -0.133. The Morgan fingerprint density at radius 3 is 2.34 bits per heavy atom. The molecule has 13 nitrogen and oxygen atoms in total. The molecule has 4 aliphatic rings. The smallest absolute Gasteiger partial charge is 0.253 e. The molecule has 2 atom stereocenters. The molecule has 0 bridgehead atoms. The number of benzene rings is 2. The Balaban J connectivity index is 0.716. The van der Waals surface area contributed by atoms with Crippen molar-refractivity contribution in [2.75, 3.05) is 74.9 Å². The number of likely N-dealkylation sites (tertiary alicyclic amines) is 2. The molecule has 4 N–H and O–H groups in total. The van der Waals surface area contributed by atoms with Crippen molar-refractivity contribution in [1.82, 2.24) is 34.6 Å². The summed E-state index contributed by atoms with van der Waals surface area (Å²) in [6.07, 6.45) is 8.45. The van der Waals surface area contributed by atoms with Gasteiger partial charge in [-0.05, 0) is 130 Å². The number of fused-ring (bicyclic) bond motifs is 1. The molecule has 62 heavy (non-hydrogen) atoms. The second-order valence-corrected chi connectivity index (χ2v) is 17.6. The van der Waals surface area contributed by atoms with E-state index in [1.165, 1.54) is 17.3 Å². The topological polar surface area (TPSA) is 145 Å². The number of nitrogens with two attached hydrogens (primary N) is 1. The summed E-state index contributed by atoms with van der Waals surface area (Å²) in [5.74, 6) is 0.641. The number of hydrogen-bond donors (Lipinski definition) is 3. The van der Waals surface area contributed by atoms with Gasteiger partial charge in [0.05, 0.1) is 5.69 Å². The number of carbonyl (C=O) groups excluding carboxylic acids is 3. The van der Waals surface area contributed by atoms with Crippen LogP contribution in [-0.4, -0.2) is 112 Å². The van der Waals surface area contributed by atoms with Crippen molar-refractivity contribution in [3.8, 4) is 11.1 Å².